The Morgan fingerprint density at radius 2 is 1.04 bits per heavy atom. The molecule has 0 aromatic heterocycles. The molecule has 2 aromatic carbocycles. The molecule has 0 heterocycles. The SMILES string of the molecule is CC(=O)Oc1ccccc1C(=O)[Se]CC[Se]C(=O)c1ccccc1OC(C)=O. The normalized spacial score (nSPS) is 10.2. The zero-order valence-electron chi connectivity index (χ0n) is 15.3. The van der Waals surface area contributed by atoms with Gasteiger partial charge in [-0.3, -0.25) is 0 Å². The number of rotatable bonds is 9. The molecule has 0 N–H and O–H groups in total. The van der Waals surface area contributed by atoms with Crippen LogP contribution in [0.4, 0.5) is 0 Å². The fourth-order valence-corrected chi connectivity index (χ4v) is 6.49. The Hall–Kier alpha value is -2.24. The van der Waals surface area contributed by atoms with Gasteiger partial charge in [-0.25, -0.2) is 0 Å². The van der Waals surface area contributed by atoms with Gasteiger partial charge in [0.2, 0.25) is 0 Å². The number of ether oxygens (including phenoxy) is 2. The van der Waals surface area contributed by atoms with Gasteiger partial charge in [0, 0.05) is 0 Å². The molecule has 0 aliphatic carbocycles. The van der Waals surface area contributed by atoms with E-state index in [2.05, 4.69) is 0 Å². The Morgan fingerprint density at radius 3 is 1.39 bits per heavy atom. The summed E-state index contributed by atoms with van der Waals surface area (Å²) in [5.74, 6) is -0.432. The van der Waals surface area contributed by atoms with Crippen LogP contribution in [-0.4, -0.2) is 51.2 Å². The molecule has 2 aromatic rings. The van der Waals surface area contributed by atoms with Crippen LogP contribution in [0.1, 0.15) is 34.6 Å². The van der Waals surface area contributed by atoms with Crippen molar-refractivity contribution in [3.63, 3.8) is 0 Å². The predicted molar refractivity (Wildman–Crippen MR) is 105 cm³/mol. The first kappa shape index (κ1) is 22.1. The van der Waals surface area contributed by atoms with Crippen molar-refractivity contribution in [2.24, 2.45) is 0 Å². The molecule has 0 aliphatic heterocycles. The van der Waals surface area contributed by atoms with E-state index in [1.807, 2.05) is 0 Å². The maximum atomic E-state index is 12.4. The van der Waals surface area contributed by atoms with Gasteiger partial charge in [-0.2, -0.15) is 0 Å². The van der Waals surface area contributed by atoms with Crippen LogP contribution in [0.15, 0.2) is 48.5 Å². The maximum absolute atomic E-state index is 12.4. The molecule has 0 unspecified atom stereocenters. The zero-order valence-corrected chi connectivity index (χ0v) is 18.7. The molecule has 6 nitrogen and oxygen atoms in total. The Balaban J connectivity index is 1.90. The van der Waals surface area contributed by atoms with Gasteiger partial charge >= 0.3 is 176 Å². The van der Waals surface area contributed by atoms with E-state index in [1.165, 1.54) is 13.8 Å². The van der Waals surface area contributed by atoms with E-state index in [0.29, 0.717) is 21.8 Å². The van der Waals surface area contributed by atoms with E-state index in [0.717, 1.165) is 0 Å². The van der Waals surface area contributed by atoms with Crippen molar-refractivity contribution in [3.8, 4) is 11.5 Å². The standard InChI is InChI=1S/C20H18O6Se2/c1-13(21)25-17-9-5-3-7-15(17)19(23)27-11-12-28-20(24)16-8-4-6-10-18(16)26-14(2)22/h3-10H,11-12H2,1-2H3. The van der Waals surface area contributed by atoms with E-state index < -0.39 is 11.9 Å². The molecule has 0 bridgehead atoms. The van der Waals surface area contributed by atoms with Gasteiger partial charge in [0.25, 0.3) is 0 Å². The van der Waals surface area contributed by atoms with Gasteiger partial charge in [-0.1, -0.05) is 0 Å². The average molecular weight is 512 g/mol. The van der Waals surface area contributed by atoms with Crippen LogP contribution in [0.5, 0.6) is 11.5 Å². The van der Waals surface area contributed by atoms with E-state index >= 15 is 0 Å². The van der Waals surface area contributed by atoms with Crippen molar-refractivity contribution in [3.05, 3.63) is 59.7 Å². The number of hydrogen-bond donors (Lipinski definition) is 0. The minimum atomic E-state index is -0.479. The van der Waals surface area contributed by atoms with E-state index in [1.54, 1.807) is 48.5 Å². The molecule has 0 spiro atoms. The Kier molecular flexibility index (Phi) is 8.61. The number of benzene rings is 2. The summed E-state index contributed by atoms with van der Waals surface area (Å²) in [6.45, 7) is 2.57. The Labute approximate surface area is 175 Å². The minimum absolute atomic E-state index is 0.0760. The molecule has 146 valence electrons. The van der Waals surface area contributed by atoms with Gasteiger partial charge in [-0.05, 0) is 0 Å². The summed E-state index contributed by atoms with van der Waals surface area (Å²) in [5.41, 5.74) is 0.772. The molecule has 0 amide bonds. The van der Waals surface area contributed by atoms with Gasteiger partial charge in [0.05, 0.1) is 0 Å². The molecule has 2 rings (SSSR count). The van der Waals surface area contributed by atoms with Crippen LogP contribution >= 0.6 is 0 Å². The summed E-state index contributed by atoms with van der Waals surface area (Å²) >= 11 is -0.735. The molecule has 8 heteroatoms. The molecular formula is C20H18O6Se2. The fraction of sp³-hybridized carbons (Fsp3) is 0.200. The van der Waals surface area contributed by atoms with Crippen LogP contribution in [0.25, 0.3) is 0 Å². The quantitative estimate of drug-likeness (QED) is 0.222. The number of para-hydroxylation sites is 2. The van der Waals surface area contributed by atoms with Gasteiger partial charge in [0.15, 0.2) is 0 Å². The topological polar surface area (TPSA) is 86.7 Å². The summed E-state index contributed by atoms with van der Waals surface area (Å²) in [5, 5.41) is 1.20. The van der Waals surface area contributed by atoms with E-state index in [4.69, 9.17) is 9.47 Å². The first-order chi connectivity index (χ1) is 13.4. The number of hydrogen-bond acceptors (Lipinski definition) is 6. The molecular weight excluding hydrogens is 494 g/mol. The van der Waals surface area contributed by atoms with Crippen molar-refractivity contribution in [2.75, 3.05) is 0 Å². The van der Waals surface area contributed by atoms with Crippen LogP contribution in [0.2, 0.25) is 10.6 Å². The average Bonchev–Trinajstić information content (AvgIpc) is 2.65. The Morgan fingerprint density at radius 1 is 0.679 bits per heavy atom. The third-order valence-electron chi connectivity index (χ3n) is 3.27. The summed E-state index contributed by atoms with van der Waals surface area (Å²) < 4.78 is 9.99. The molecule has 0 saturated heterocycles. The molecule has 0 radical (unpaired) electrons. The van der Waals surface area contributed by atoms with Crippen LogP contribution in [-0.2, 0) is 9.59 Å². The fourth-order valence-electron chi connectivity index (χ4n) is 2.18. The molecule has 0 atom stereocenters. The van der Waals surface area contributed by atoms with Gasteiger partial charge < -0.3 is 0 Å². The van der Waals surface area contributed by atoms with E-state index in [-0.39, 0.29) is 50.8 Å². The third-order valence-corrected chi connectivity index (χ3v) is 8.32. The van der Waals surface area contributed by atoms with Crippen molar-refractivity contribution >= 4 is 51.2 Å². The predicted octanol–water partition coefficient (Wildman–Crippen LogP) is 2.76. The zero-order chi connectivity index (χ0) is 20.5. The first-order valence-corrected chi connectivity index (χ1v) is 12.4. The van der Waals surface area contributed by atoms with Gasteiger partial charge in [-0.15, -0.1) is 0 Å². The van der Waals surface area contributed by atoms with E-state index in [9.17, 15) is 19.2 Å². The third kappa shape index (κ3) is 6.73. The summed E-state index contributed by atoms with van der Waals surface area (Å²) in [6.07, 6.45) is 0. The molecule has 0 saturated carbocycles. The number of esters is 2. The van der Waals surface area contributed by atoms with Crippen molar-refractivity contribution in [1.82, 2.24) is 0 Å². The van der Waals surface area contributed by atoms with Crippen molar-refractivity contribution < 1.29 is 28.7 Å². The van der Waals surface area contributed by atoms with Crippen LogP contribution in [0.3, 0.4) is 0 Å². The second kappa shape index (κ2) is 10.9. The molecule has 28 heavy (non-hydrogen) atoms. The monoisotopic (exact) mass is 514 g/mol. The summed E-state index contributed by atoms with van der Waals surface area (Å²) in [6, 6.07) is 13.3. The summed E-state index contributed by atoms with van der Waals surface area (Å²) in [4.78, 5) is 47.2. The number of carbonyl (C=O) groups excluding carboxylic acids is 4. The summed E-state index contributed by atoms with van der Waals surface area (Å²) in [7, 11) is 0. The molecule has 0 aliphatic rings. The van der Waals surface area contributed by atoms with Crippen LogP contribution < -0.4 is 9.47 Å². The van der Waals surface area contributed by atoms with Crippen LogP contribution in [0, 0.1) is 0 Å². The second-order valence-electron chi connectivity index (χ2n) is 5.45. The Bertz CT molecular complexity index is 820. The second-order valence-corrected chi connectivity index (χ2v) is 9.93. The molecule has 0 fully saturated rings. The van der Waals surface area contributed by atoms with Crippen molar-refractivity contribution in [2.45, 2.75) is 24.5 Å². The first-order valence-electron chi connectivity index (χ1n) is 8.27. The number of carbonyl (C=O) groups is 4. The van der Waals surface area contributed by atoms with Crippen molar-refractivity contribution in [1.29, 1.82) is 0 Å². The van der Waals surface area contributed by atoms with Gasteiger partial charge in [0.1, 0.15) is 0 Å².